The first-order valence-corrected chi connectivity index (χ1v) is 11.7. The monoisotopic (exact) mass is 480 g/mol. The summed E-state index contributed by atoms with van der Waals surface area (Å²) in [5, 5.41) is 11.3. The zero-order chi connectivity index (χ0) is 23.5. The Morgan fingerprint density at radius 1 is 1.09 bits per heavy atom. The highest BCUT2D eigenvalue weighted by atomic mass is 35.5. The van der Waals surface area contributed by atoms with E-state index in [-0.39, 0.29) is 22.6 Å². The van der Waals surface area contributed by atoms with Gasteiger partial charge in [-0.1, -0.05) is 25.4 Å². The highest BCUT2D eigenvalue weighted by Crippen LogP contribution is 2.37. The maximum atomic E-state index is 14.8. The molecule has 0 spiro atoms. The van der Waals surface area contributed by atoms with E-state index in [1.807, 2.05) is 13.8 Å². The van der Waals surface area contributed by atoms with Gasteiger partial charge in [0.2, 0.25) is 0 Å². The molecule has 1 atom stereocenters. The molecule has 0 bridgehead atoms. The van der Waals surface area contributed by atoms with Crippen LogP contribution in [0, 0.1) is 17.0 Å². The molecule has 2 N–H and O–H groups in total. The first kappa shape index (κ1) is 24.1. The summed E-state index contributed by atoms with van der Waals surface area (Å²) in [5.41, 5.74) is -0.544. The molecule has 0 aliphatic rings. The molecule has 32 heavy (non-hydrogen) atoms. The van der Waals surface area contributed by atoms with Crippen molar-refractivity contribution in [3.05, 3.63) is 88.6 Å². The Morgan fingerprint density at radius 2 is 1.78 bits per heavy atom. The first-order chi connectivity index (χ1) is 15.0. The lowest BCUT2D eigenvalue weighted by molar-refractivity contribution is 0.170. The Bertz CT molecular complexity index is 1200. The van der Waals surface area contributed by atoms with E-state index in [9.17, 15) is 22.3 Å². The number of nitrogens with zero attached hydrogens (tertiary/aromatic N) is 1. The van der Waals surface area contributed by atoms with Crippen molar-refractivity contribution in [3.8, 4) is 0 Å². The SMILES string of the molecule is CC(C)(CO)CNc1cc(C(c2cc(F)ccc2F)S(=O)(=O)c2ccc(Cl)cc2)ccn1. The van der Waals surface area contributed by atoms with Crippen LogP contribution in [0.15, 0.2) is 65.7 Å². The minimum Gasteiger partial charge on any atom is -0.396 e. The molecule has 0 saturated heterocycles. The zero-order valence-electron chi connectivity index (χ0n) is 17.5. The van der Waals surface area contributed by atoms with Crippen LogP contribution in [0.4, 0.5) is 14.6 Å². The number of hydrogen-bond acceptors (Lipinski definition) is 5. The summed E-state index contributed by atoms with van der Waals surface area (Å²) in [6.07, 6.45) is 1.39. The normalized spacial score (nSPS) is 13.1. The second kappa shape index (κ2) is 9.52. The minimum atomic E-state index is -4.19. The van der Waals surface area contributed by atoms with Gasteiger partial charge < -0.3 is 10.4 Å². The van der Waals surface area contributed by atoms with Gasteiger partial charge in [0.25, 0.3) is 0 Å². The molecule has 0 saturated carbocycles. The van der Waals surface area contributed by atoms with Crippen molar-refractivity contribution in [3.63, 3.8) is 0 Å². The fourth-order valence-electron chi connectivity index (χ4n) is 3.09. The maximum Gasteiger partial charge on any atom is 0.189 e. The fourth-order valence-corrected chi connectivity index (χ4v) is 5.03. The predicted octanol–water partition coefficient (Wildman–Crippen LogP) is 5.01. The molecule has 0 amide bonds. The number of benzene rings is 2. The van der Waals surface area contributed by atoms with Gasteiger partial charge >= 0.3 is 0 Å². The number of hydrogen-bond donors (Lipinski definition) is 2. The summed E-state index contributed by atoms with van der Waals surface area (Å²) < 4.78 is 55.9. The van der Waals surface area contributed by atoms with E-state index in [0.29, 0.717) is 17.4 Å². The molecule has 1 heterocycles. The molecule has 0 aliphatic heterocycles. The quantitative estimate of drug-likeness (QED) is 0.474. The van der Waals surface area contributed by atoms with E-state index in [2.05, 4.69) is 10.3 Å². The molecule has 3 aromatic rings. The molecule has 0 fully saturated rings. The van der Waals surface area contributed by atoms with Gasteiger partial charge in [-0.15, -0.1) is 0 Å². The lowest BCUT2D eigenvalue weighted by Crippen LogP contribution is -2.27. The van der Waals surface area contributed by atoms with Gasteiger partial charge in [0, 0.05) is 35.3 Å². The molecule has 1 aromatic heterocycles. The van der Waals surface area contributed by atoms with Gasteiger partial charge in [-0.25, -0.2) is 22.2 Å². The number of aliphatic hydroxyl groups excluding tert-OH is 1. The average Bonchev–Trinajstić information content (AvgIpc) is 2.75. The standard InChI is InChI=1S/C23H23ClF2N2O3S/c1-23(2,14-29)13-28-21-11-15(9-10-27-21)22(19-12-17(25)5-8-20(19)26)32(30,31)18-6-3-16(24)4-7-18/h3-12,22,29H,13-14H2,1-2H3,(H,27,28). The summed E-state index contributed by atoms with van der Waals surface area (Å²) in [5.74, 6) is -1.26. The van der Waals surface area contributed by atoms with Crippen molar-refractivity contribution in [1.82, 2.24) is 4.98 Å². The molecular formula is C23H23ClF2N2O3S. The molecule has 5 nitrogen and oxygen atoms in total. The van der Waals surface area contributed by atoms with Crippen LogP contribution in [0.5, 0.6) is 0 Å². The summed E-state index contributed by atoms with van der Waals surface area (Å²) in [6, 6.07) is 11.1. The summed E-state index contributed by atoms with van der Waals surface area (Å²) in [6.45, 7) is 3.99. The highest BCUT2D eigenvalue weighted by molar-refractivity contribution is 7.91. The molecular weight excluding hydrogens is 458 g/mol. The van der Waals surface area contributed by atoms with Crippen LogP contribution >= 0.6 is 11.6 Å². The predicted molar refractivity (Wildman–Crippen MR) is 120 cm³/mol. The molecule has 1 unspecified atom stereocenters. The number of sulfone groups is 1. The molecule has 3 rings (SSSR count). The van der Waals surface area contributed by atoms with Crippen molar-refractivity contribution in [2.75, 3.05) is 18.5 Å². The smallest absolute Gasteiger partial charge is 0.189 e. The third-order valence-corrected chi connectivity index (χ3v) is 7.28. The van der Waals surface area contributed by atoms with Crippen LogP contribution in [-0.4, -0.2) is 31.7 Å². The van der Waals surface area contributed by atoms with Crippen LogP contribution in [0.25, 0.3) is 0 Å². The van der Waals surface area contributed by atoms with Gasteiger partial charge in [-0.3, -0.25) is 0 Å². The van der Waals surface area contributed by atoms with Crippen LogP contribution in [0.2, 0.25) is 5.02 Å². The third kappa shape index (κ3) is 5.43. The summed E-state index contributed by atoms with van der Waals surface area (Å²) >= 11 is 5.89. The number of nitrogens with one attached hydrogen (secondary N) is 1. The lowest BCUT2D eigenvalue weighted by atomic mass is 9.95. The van der Waals surface area contributed by atoms with Crippen LogP contribution < -0.4 is 5.32 Å². The largest absolute Gasteiger partial charge is 0.396 e. The Labute approximate surface area is 191 Å². The Kier molecular flexibility index (Phi) is 7.17. The number of pyridine rings is 1. The summed E-state index contributed by atoms with van der Waals surface area (Å²) in [7, 11) is -4.19. The average molecular weight is 481 g/mol. The van der Waals surface area contributed by atoms with Crippen LogP contribution in [0.1, 0.15) is 30.2 Å². The topological polar surface area (TPSA) is 79.3 Å². The number of anilines is 1. The van der Waals surface area contributed by atoms with Gasteiger partial charge in [0.15, 0.2) is 9.84 Å². The van der Waals surface area contributed by atoms with Crippen molar-refractivity contribution in [1.29, 1.82) is 0 Å². The lowest BCUT2D eigenvalue weighted by Gasteiger charge is -2.23. The highest BCUT2D eigenvalue weighted by Gasteiger charge is 2.33. The Balaban J connectivity index is 2.13. The fraction of sp³-hybridized carbons (Fsp3) is 0.261. The molecule has 0 radical (unpaired) electrons. The first-order valence-electron chi connectivity index (χ1n) is 9.78. The molecule has 9 heteroatoms. The number of halogens is 3. The van der Waals surface area contributed by atoms with E-state index < -0.39 is 32.1 Å². The number of rotatable bonds is 8. The molecule has 0 aliphatic carbocycles. The van der Waals surface area contributed by atoms with E-state index >= 15 is 0 Å². The molecule has 2 aromatic carbocycles. The van der Waals surface area contributed by atoms with Gasteiger partial charge in [-0.05, 0) is 60.2 Å². The Hall–Kier alpha value is -2.55. The number of aliphatic hydroxyl groups is 1. The number of aromatic nitrogens is 1. The van der Waals surface area contributed by atoms with Gasteiger partial charge in [0.1, 0.15) is 22.7 Å². The molecule has 170 valence electrons. The van der Waals surface area contributed by atoms with E-state index in [1.54, 1.807) is 0 Å². The minimum absolute atomic E-state index is 0.0677. The third-order valence-electron chi connectivity index (χ3n) is 4.96. The second-order valence-corrected chi connectivity index (χ2v) is 10.7. The van der Waals surface area contributed by atoms with E-state index in [0.717, 1.165) is 18.2 Å². The van der Waals surface area contributed by atoms with E-state index in [4.69, 9.17) is 11.6 Å². The Morgan fingerprint density at radius 3 is 2.44 bits per heavy atom. The van der Waals surface area contributed by atoms with E-state index in [1.165, 1.54) is 42.6 Å². The van der Waals surface area contributed by atoms with Crippen LogP contribution in [-0.2, 0) is 9.84 Å². The zero-order valence-corrected chi connectivity index (χ0v) is 19.1. The van der Waals surface area contributed by atoms with Gasteiger partial charge in [-0.2, -0.15) is 0 Å². The summed E-state index contributed by atoms with van der Waals surface area (Å²) in [4.78, 5) is 4.11. The second-order valence-electron chi connectivity index (χ2n) is 8.20. The van der Waals surface area contributed by atoms with Crippen molar-refractivity contribution in [2.24, 2.45) is 5.41 Å². The van der Waals surface area contributed by atoms with Crippen LogP contribution in [0.3, 0.4) is 0 Å². The van der Waals surface area contributed by atoms with Gasteiger partial charge in [0.05, 0.1) is 4.90 Å². The van der Waals surface area contributed by atoms with Crippen molar-refractivity contribution >= 4 is 27.3 Å². The maximum absolute atomic E-state index is 14.8. The van der Waals surface area contributed by atoms with Crippen molar-refractivity contribution in [2.45, 2.75) is 24.0 Å². The van der Waals surface area contributed by atoms with Crippen molar-refractivity contribution < 1.29 is 22.3 Å².